The van der Waals surface area contributed by atoms with Crippen LogP contribution in [0.3, 0.4) is 0 Å². The van der Waals surface area contributed by atoms with Gasteiger partial charge in [0.15, 0.2) is 0 Å². The number of benzene rings is 7. The Morgan fingerprint density at radius 3 is 1.99 bits per heavy atom. The number of hydrogen-bond acceptors (Lipinski definition) is 4. The van der Waals surface area contributed by atoms with Crippen LogP contribution in [-0.2, 0) is 21.7 Å². The fraction of sp³-hybridized carbons (Fsp3) is 0.323. The van der Waals surface area contributed by atoms with Crippen molar-refractivity contribution < 1.29 is 8.83 Å². The van der Waals surface area contributed by atoms with Crippen molar-refractivity contribution in [3.63, 3.8) is 0 Å². The first-order valence-electron chi connectivity index (χ1n) is 24.8. The minimum absolute atomic E-state index is 0.0276. The third kappa shape index (κ3) is 5.43. The van der Waals surface area contributed by atoms with E-state index < -0.39 is 0 Å². The molecule has 1 aliphatic carbocycles. The summed E-state index contributed by atoms with van der Waals surface area (Å²) in [7, 11) is 0. The summed E-state index contributed by atoms with van der Waals surface area (Å²) in [5.41, 5.74) is 21.5. The van der Waals surface area contributed by atoms with Crippen LogP contribution in [0.25, 0.3) is 66.1 Å². The Morgan fingerprint density at radius 2 is 1.22 bits per heavy atom. The van der Waals surface area contributed by atoms with Crippen molar-refractivity contribution in [3.05, 3.63) is 144 Å². The van der Waals surface area contributed by atoms with E-state index in [4.69, 9.17) is 8.83 Å². The Balaban J connectivity index is 1.26. The molecule has 0 spiro atoms. The minimum atomic E-state index is -0.166. The van der Waals surface area contributed by atoms with E-state index in [1.807, 2.05) is 0 Å². The van der Waals surface area contributed by atoms with Crippen LogP contribution in [0.15, 0.2) is 130 Å². The Labute approximate surface area is 396 Å². The smallest absolute Gasteiger partial charge is 0.333 e. The summed E-state index contributed by atoms with van der Waals surface area (Å²) >= 11 is 0. The van der Waals surface area contributed by atoms with Crippen molar-refractivity contribution in [2.24, 2.45) is 0 Å². The van der Waals surface area contributed by atoms with Crippen molar-refractivity contribution >= 4 is 84.4 Å². The first-order chi connectivity index (χ1) is 31.9. The molecule has 0 radical (unpaired) electrons. The second kappa shape index (κ2) is 13.3. The molecule has 334 valence electrons. The van der Waals surface area contributed by atoms with Crippen LogP contribution < -0.4 is 20.6 Å². The molecule has 67 heavy (non-hydrogen) atoms. The van der Waals surface area contributed by atoms with E-state index in [1.54, 1.807) is 0 Å². The molecule has 5 heterocycles. The predicted octanol–water partition coefficient (Wildman–Crippen LogP) is 16.0. The highest BCUT2D eigenvalue weighted by Crippen LogP contribution is 2.64. The number of nitrogens with zero attached hydrogens (tertiary/aromatic N) is 2. The maximum absolute atomic E-state index is 7.30. The highest BCUT2D eigenvalue weighted by Gasteiger charge is 2.62. The number of rotatable bonds is 2. The van der Waals surface area contributed by atoms with E-state index >= 15 is 0 Å². The summed E-state index contributed by atoms with van der Waals surface area (Å²) in [6.07, 6.45) is 4.75. The number of hydrogen-bond donors (Lipinski definition) is 0. The molecule has 0 saturated heterocycles. The fourth-order valence-electron chi connectivity index (χ4n) is 13.1. The fourth-order valence-corrected chi connectivity index (χ4v) is 13.1. The lowest BCUT2D eigenvalue weighted by atomic mass is 9.42. The van der Waals surface area contributed by atoms with Crippen molar-refractivity contribution in [2.45, 2.75) is 129 Å². The summed E-state index contributed by atoms with van der Waals surface area (Å²) in [6.45, 7) is 26.1. The number of fused-ring (bicyclic) bond motifs is 15. The summed E-state index contributed by atoms with van der Waals surface area (Å²) in [5.74, 6) is 0. The van der Waals surface area contributed by atoms with Crippen molar-refractivity contribution in [2.75, 3.05) is 9.71 Å². The molecule has 5 heteroatoms. The van der Waals surface area contributed by atoms with Crippen LogP contribution in [0.2, 0.25) is 0 Å². The van der Waals surface area contributed by atoms with Gasteiger partial charge in [-0.15, -0.1) is 0 Å². The van der Waals surface area contributed by atoms with Gasteiger partial charge in [-0.25, -0.2) is 0 Å². The van der Waals surface area contributed by atoms with E-state index in [1.165, 1.54) is 103 Å². The van der Waals surface area contributed by atoms with Gasteiger partial charge < -0.3 is 18.5 Å². The zero-order chi connectivity index (χ0) is 46.3. The Hall–Kier alpha value is -6.20. The van der Waals surface area contributed by atoms with Crippen LogP contribution in [0.5, 0.6) is 0 Å². The number of furan rings is 2. The molecular weight excluding hydrogens is 816 g/mol. The Bertz CT molecular complexity index is 3590. The summed E-state index contributed by atoms with van der Waals surface area (Å²) in [4.78, 5) is 5.62. The number of anilines is 4. The average Bonchev–Trinajstić information content (AvgIpc) is 3.93. The first-order valence-corrected chi connectivity index (χ1v) is 24.8. The van der Waals surface area contributed by atoms with Gasteiger partial charge in [0, 0.05) is 66.4 Å². The summed E-state index contributed by atoms with van der Waals surface area (Å²) in [6, 6.07) is 46.4. The van der Waals surface area contributed by atoms with Gasteiger partial charge in [0.25, 0.3) is 0 Å². The molecule has 1 fully saturated rings. The molecule has 2 atom stereocenters. The largest absolute Gasteiger partial charge is 0.456 e. The molecule has 3 aliphatic heterocycles. The van der Waals surface area contributed by atoms with Gasteiger partial charge in [0.1, 0.15) is 22.3 Å². The maximum Gasteiger partial charge on any atom is 0.333 e. The van der Waals surface area contributed by atoms with E-state index in [-0.39, 0.29) is 34.0 Å². The summed E-state index contributed by atoms with van der Waals surface area (Å²) in [5, 5.41) is 4.61. The van der Waals surface area contributed by atoms with Crippen LogP contribution >= 0.6 is 0 Å². The van der Waals surface area contributed by atoms with Gasteiger partial charge in [-0.3, -0.25) is 0 Å². The molecule has 0 amide bonds. The molecule has 0 N–H and O–H groups in total. The molecule has 1 saturated carbocycles. The van der Waals surface area contributed by atoms with E-state index in [9.17, 15) is 0 Å². The van der Waals surface area contributed by atoms with Gasteiger partial charge in [0.05, 0.1) is 5.54 Å². The van der Waals surface area contributed by atoms with Crippen LogP contribution in [0, 0.1) is 0 Å². The van der Waals surface area contributed by atoms with Crippen LogP contribution in [0.1, 0.15) is 124 Å². The normalized spacial score (nSPS) is 20.0. The minimum Gasteiger partial charge on any atom is -0.456 e. The monoisotopic (exact) mass is 876 g/mol. The third-order valence-corrected chi connectivity index (χ3v) is 17.0. The highest BCUT2D eigenvalue weighted by atomic mass is 16.3. The van der Waals surface area contributed by atoms with Gasteiger partial charge in [-0.2, -0.15) is 0 Å². The molecule has 4 aliphatic rings. The molecule has 2 aromatic heterocycles. The molecule has 4 nitrogen and oxygen atoms in total. The van der Waals surface area contributed by atoms with E-state index in [0.29, 0.717) is 0 Å². The third-order valence-electron chi connectivity index (χ3n) is 17.0. The topological polar surface area (TPSA) is 32.8 Å². The standard InChI is InChI=1S/C62H61BN2O2/c1-58(2,3)37-24-26-46(42(31-37)36-19-13-12-14-20-36)65-47-27-28-50-52(41-25-23-38(59(4,5)6)34-51(41)66-50)53(47)54-55-48(35-43-40-21-15-16-22-49(40)67-57(43)54)64-56-44(61(10)29-17-18-30-62(61,64)11)32-39(60(7,8)9)33-45(56)63(55)65/h12-16,19-28,31-35H,17-18,29-30H2,1-11H3. The van der Waals surface area contributed by atoms with Crippen LogP contribution in [-0.4, -0.2) is 12.4 Å². The SMILES string of the molecule is CC(C)(C)c1ccc(N2B3c4cc(C(C)(C)C)cc5c4N(c4cc6c(oc7ccccc76)c(c43)-c3c2ccc2oc4cc(C(C)(C)C)ccc4c32)C2(C)CCCCC52C)c(-c2ccccc2)c1. The lowest BCUT2D eigenvalue weighted by Gasteiger charge is -2.53. The zero-order valence-corrected chi connectivity index (χ0v) is 41.2. The van der Waals surface area contributed by atoms with Gasteiger partial charge in [-0.05, 0) is 117 Å². The molecule has 13 rings (SSSR count). The first kappa shape index (κ1) is 41.0. The second-order valence-electron chi connectivity index (χ2n) is 24.0. The molecule has 9 aromatic rings. The molecular formula is C62H61BN2O2. The molecule has 7 aromatic carbocycles. The maximum atomic E-state index is 7.30. The number of para-hydroxylation sites is 1. The van der Waals surface area contributed by atoms with E-state index in [2.05, 4.69) is 207 Å². The van der Waals surface area contributed by atoms with E-state index in [0.717, 1.165) is 44.9 Å². The zero-order valence-electron chi connectivity index (χ0n) is 41.2. The Morgan fingerprint density at radius 1 is 0.537 bits per heavy atom. The van der Waals surface area contributed by atoms with Gasteiger partial charge in [-0.1, -0.05) is 161 Å². The van der Waals surface area contributed by atoms with Crippen molar-refractivity contribution in [3.8, 4) is 22.3 Å². The molecule has 2 unspecified atom stereocenters. The van der Waals surface area contributed by atoms with Crippen molar-refractivity contribution in [1.29, 1.82) is 0 Å². The van der Waals surface area contributed by atoms with Gasteiger partial charge >= 0.3 is 6.85 Å². The van der Waals surface area contributed by atoms with Gasteiger partial charge in [0.2, 0.25) is 0 Å². The van der Waals surface area contributed by atoms with Crippen LogP contribution in [0.4, 0.5) is 22.7 Å². The Kier molecular flexibility index (Phi) is 8.13. The summed E-state index contributed by atoms with van der Waals surface area (Å²) < 4.78 is 14.3. The highest BCUT2D eigenvalue weighted by molar-refractivity contribution is 6.94. The predicted molar refractivity (Wildman–Crippen MR) is 284 cm³/mol. The average molecular weight is 877 g/mol. The quantitative estimate of drug-likeness (QED) is 0.162. The lowest BCUT2D eigenvalue weighted by molar-refractivity contribution is 0.195. The van der Waals surface area contributed by atoms with Crippen molar-refractivity contribution in [1.82, 2.24) is 0 Å². The molecule has 0 bridgehead atoms. The second-order valence-corrected chi connectivity index (χ2v) is 24.0. The lowest BCUT2D eigenvalue weighted by Crippen LogP contribution is -2.64.